The van der Waals surface area contributed by atoms with E-state index in [1.165, 1.54) is 11.1 Å². The zero-order chi connectivity index (χ0) is 13.9. The van der Waals surface area contributed by atoms with E-state index in [2.05, 4.69) is 33.8 Å². The number of benzene rings is 1. The zero-order valence-corrected chi connectivity index (χ0v) is 12.1. The first-order chi connectivity index (χ1) is 8.08. The van der Waals surface area contributed by atoms with Gasteiger partial charge < -0.3 is 5.11 Å². The number of carbonyl (C=O) groups is 1. The van der Waals surface area contributed by atoms with Crippen LogP contribution in [-0.4, -0.2) is 11.1 Å². The summed E-state index contributed by atoms with van der Waals surface area (Å²) in [6, 6.07) is 2.08. The van der Waals surface area contributed by atoms with Gasteiger partial charge in [0.25, 0.3) is 0 Å². The molecule has 2 rings (SSSR count). The summed E-state index contributed by atoms with van der Waals surface area (Å²) in [5.41, 5.74) is 5.08. The van der Waals surface area contributed by atoms with Gasteiger partial charge in [-0.1, -0.05) is 33.8 Å². The molecule has 1 aliphatic carbocycles. The second-order valence-corrected chi connectivity index (χ2v) is 6.87. The van der Waals surface area contributed by atoms with Crippen molar-refractivity contribution >= 4 is 5.97 Å². The first-order valence-corrected chi connectivity index (χ1v) is 6.46. The standard InChI is InChI=1S/C16H22O2/c1-9-7-11-13(10(2)12(9)14(17)18)16(5,6)8-15(11,3)4/h7H,8H2,1-6H3,(H,17,18). The van der Waals surface area contributed by atoms with Crippen LogP contribution < -0.4 is 0 Å². The highest BCUT2D eigenvalue weighted by atomic mass is 16.4. The van der Waals surface area contributed by atoms with Crippen LogP contribution in [0.15, 0.2) is 6.07 Å². The fourth-order valence-electron chi connectivity index (χ4n) is 4.01. The lowest BCUT2D eigenvalue weighted by Crippen LogP contribution is -2.18. The van der Waals surface area contributed by atoms with Crippen molar-refractivity contribution in [1.82, 2.24) is 0 Å². The Morgan fingerprint density at radius 1 is 1.17 bits per heavy atom. The summed E-state index contributed by atoms with van der Waals surface area (Å²) in [6.45, 7) is 12.8. The van der Waals surface area contributed by atoms with Crippen LogP contribution in [0.4, 0.5) is 0 Å². The molecule has 0 saturated carbocycles. The molecule has 2 nitrogen and oxygen atoms in total. The molecule has 98 valence electrons. The average molecular weight is 246 g/mol. The second-order valence-electron chi connectivity index (χ2n) is 6.87. The fraction of sp³-hybridized carbons (Fsp3) is 0.562. The van der Waals surface area contributed by atoms with Crippen LogP contribution in [0, 0.1) is 13.8 Å². The lowest BCUT2D eigenvalue weighted by Gasteiger charge is -2.23. The molecule has 2 heteroatoms. The molecule has 0 aliphatic heterocycles. The van der Waals surface area contributed by atoms with E-state index in [1.54, 1.807) is 0 Å². The maximum Gasteiger partial charge on any atom is 0.336 e. The van der Waals surface area contributed by atoms with Crippen LogP contribution in [0.25, 0.3) is 0 Å². The number of carboxylic acids is 1. The SMILES string of the molecule is Cc1cc2c(c(C)c1C(=O)O)C(C)(C)CC2(C)C. The number of hydrogen-bond acceptors (Lipinski definition) is 1. The molecule has 1 aromatic rings. The molecule has 1 aliphatic rings. The third kappa shape index (κ3) is 1.66. The van der Waals surface area contributed by atoms with Gasteiger partial charge in [0.15, 0.2) is 0 Å². The Kier molecular flexibility index (Phi) is 2.62. The van der Waals surface area contributed by atoms with Crippen molar-refractivity contribution in [1.29, 1.82) is 0 Å². The number of aryl methyl sites for hydroxylation is 1. The summed E-state index contributed by atoms with van der Waals surface area (Å²) >= 11 is 0. The summed E-state index contributed by atoms with van der Waals surface area (Å²) in [6.07, 6.45) is 1.07. The molecular formula is C16H22O2. The van der Waals surface area contributed by atoms with E-state index in [4.69, 9.17) is 0 Å². The molecule has 0 spiro atoms. The van der Waals surface area contributed by atoms with Crippen molar-refractivity contribution in [2.75, 3.05) is 0 Å². The summed E-state index contributed by atoms with van der Waals surface area (Å²) in [5.74, 6) is -0.812. The van der Waals surface area contributed by atoms with Crippen molar-refractivity contribution < 1.29 is 9.90 Å². The van der Waals surface area contributed by atoms with Crippen molar-refractivity contribution in [2.24, 2.45) is 0 Å². The third-order valence-corrected chi connectivity index (χ3v) is 4.28. The maximum atomic E-state index is 11.4. The van der Waals surface area contributed by atoms with Crippen molar-refractivity contribution in [3.05, 3.63) is 33.9 Å². The van der Waals surface area contributed by atoms with E-state index < -0.39 is 5.97 Å². The van der Waals surface area contributed by atoms with Crippen LogP contribution in [0.5, 0.6) is 0 Å². The van der Waals surface area contributed by atoms with Gasteiger partial charge in [-0.15, -0.1) is 0 Å². The Morgan fingerprint density at radius 3 is 2.22 bits per heavy atom. The van der Waals surface area contributed by atoms with E-state index in [0.29, 0.717) is 5.56 Å². The van der Waals surface area contributed by atoms with Gasteiger partial charge in [0.1, 0.15) is 0 Å². The number of hydrogen-bond donors (Lipinski definition) is 1. The van der Waals surface area contributed by atoms with Crippen LogP contribution >= 0.6 is 0 Å². The van der Waals surface area contributed by atoms with Crippen molar-refractivity contribution in [3.8, 4) is 0 Å². The Hall–Kier alpha value is -1.31. The molecule has 0 fully saturated rings. The molecule has 0 saturated heterocycles. The smallest absolute Gasteiger partial charge is 0.336 e. The first kappa shape index (κ1) is 13.1. The van der Waals surface area contributed by atoms with Gasteiger partial charge in [0, 0.05) is 0 Å². The van der Waals surface area contributed by atoms with Gasteiger partial charge in [-0.2, -0.15) is 0 Å². The minimum absolute atomic E-state index is 0.0564. The summed E-state index contributed by atoms with van der Waals surface area (Å²) < 4.78 is 0. The average Bonchev–Trinajstić information content (AvgIpc) is 2.30. The largest absolute Gasteiger partial charge is 0.478 e. The van der Waals surface area contributed by atoms with Gasteiger partial charge in [0.05, 0.1) is 5.56 Å². The normalized spacial score (nSPS) is 19.7. The van der Waals surface area contributed by atoms with Crippen LogP contribution in [0.1, 0.15) is 66.7 Å². The Balaban J connectivity index is 2.85. The minimum Gasteiger partial charge on any atom is -0.478 e. The van der Waals surface area contributed by atoms with Gasteiger partial charge in [0.2, 0.25) is 0 Å². The fourth-order valence-corrected chi connectivity index (χ4v) is 4.01. The highest BCUT2D eigenvalue weighted by molar-refractivity contribution is 5.92. The topological polar surface area (TPSA) is 37.3 Å². The van der Waals surface area contributed by atoms with Crippen LogP contribution in [0.3, 0.4) is 0 Å². The van der Waals surface area contributed by atoms with Crippen LogP contribution in [-0.2, 0) is 10.8 Å². The summed E-state index contributed by atoms with van der Waals surface area (Å²) in [4.78, 5) is 11.4. The molecule has 0 bridgehead atoms. The molecule has 0 heterocycles. The molecule has 0 amide bonds. The monoisotopic (exact) mass is 246 g/mol. The van der Waals surface area contributed by atoms with E-state index in [0.717, 1.165) is 17.5 Å². The Bertz CT molecular complexity index is 537. The van der Waals surface area contributed by atoms with E-state index in [9.17, 15) is 9.90 Å². The predicted octanol–water partition coefficient (Wildman–Crippen LogP) is 3.96. The number of rotatable bonds is 1. The zero-order valence-electron chi connectivity index (χ0n) is 12.1. The third-order valence-electron chi connectivity index (χ3n) is 4.28. The minimum atomic E-state index is -0.812. The molecule has 1 N–H and O–H groups in total. The van der Waals surface area contributed by atoms with Gasteiger partial charge in [-0.25, -0.2) is 4.79 Å². The van der Waals surface area contributed by atoms with Crippen molar-refractivity contribution in [2.45, 2.75) is 58.8 Å². The lowest BCUT2D eigenvalue weighted by molar-refractivity contribution is 0.0695. The Labute approximate surface area is 109 Å². The highest BCUT2D eigenvalue weighted by Gasteiger charge is 2.43. The number of fused-ring (bicyclic) bond motifs is 1. The molecular weight excluding hydrogens is 224 g/mol. The molecule has 0 unspecified atom stereocenters. The number of aromatic carboxylic acids is 1. The van der Waals surface area contributed by atoms with E-state index in [-0.39, 0.29) is 10.8 Å². The second kappa shape index (κ2) is 3.59. The molecule has 0 atom stereocenters. The summed E-state index contributed by atoms with van der Waals surface area (Å²) in [7, 11) is 0. The molecule has 0 radical (unpaired) electrons. The van der Waals surface area contributed by atoms with Gasteiger partial charge >= 0.3 is 5.97 Å². The van der Waals surface area contributed by atoms with Crippen LogP contribution in [0.2, 0.25) is 0 Å². The van der Waals surface area contributed by atoms with E-state index >= 15 is 0 Å². The number of carboxylic acid groups (broad SMARTS) is 1. The predicted molar refractivity (Wildman–Crippen MR) is 73.5 cm³/mol. The van der Waals surface area contributed by atoms with Crippen molar-refractivity contribution in [3.63, 3.8) is 0 Å². The lowest BCUT2D eigenvalue weighted by atomic mass is 9.81. The van der Waals surface area contributed by atoms with Gasteiger partial charge in [-0.3, -0.25) is 0 Å². The molecule has 1 aromatic carbocycles. The van der Waals surface area contributed by atoms with E-state index in [1.807, 2.05) is 13.8 Å². The molecule has 0 aromatic heterocycles. The highest BCUT2D eigenvalue weighted by Crippen LogP contribution is 2.51. The summed E-state index contributed by atoms with van der Waals surface area (Å²) in [5, 5.41) is 9.38. The maximum absolute atomic E-state index is 11.4. The molecule has 18 heavy (non-hydrogen) atoms. The Morgan fingerprint density at radius 2 is 1.72 bits per heavy atom. The first-order valence-electron chi connectivity index (χ1n) is 6.46. The quantitative estimate of drug-likeness (QED) is 0.814. The van der Waals surface area contributed by atoms with Gasteiger partial charge in [-0.05, 0) is 53.4 Å².